The van der Waals surface area contributed by atoms with Crippen LogP contribution in [0.5, 0.6) is 0 Å². The van der Waals surface area contributed by atoms with Crippen molar-refractivity contribution in [3.05, 3.63) is 34.4 Å². The summed E-state index contributed by atoms with van der Waals surface area (Å²) in [6.45, 7) is -2.33. The van der Waals surface area contributed by atoms with E-state index >= 15 is 0 Å². The maximum atomic E-state index is 13.3. The first-order valence-corrected chi connectivity index (χ1v) is 6.47. The Morgan fingerprint density at radius 1 is 1.41 bits per heavy atom. The van der Waals surface area contributed by atoms with Crippen LogP contribution in [0, 0.1) is 6.92 Å². The highest BCUT2D eigenvalue weighted by molar-refractivity contribution is 6.05. The highest BCUT2D eigenvalue weighted by Crippen LogP contribution is 2.30. The molecule has 1 aliphatic rings. The van der Waals surface area contributed by atoms with Crippen molar-refractivity contribution in [2.75, 3.05) is 5.73 Å². The van der Waals surface area contributed by atoms with E-state index in [-0.39, 0.29) is 22.4 Å². The average molecular weight is 306 g/mol. The number of hydrogen-bond donors (Lipinski definition) is 1. The van der Waals surface area contributed by atoms with Gasteiger partial charge in [0.1, 0.15) is 17.1 Å². The molecule has 0 aliphatic heterocycles. The van der Waals surface area contributed by atoms with Crippen molar-refractivity contribution in [1.29, 1.82) is 0 Å². The number of benzene rings is 1. The molecule has 0 saturated heterocycles. The van der Waals surface area contributed by atoms with Crippen molar-refractivity contribution in [2.45, 2.75) is 38.5 Å². The van der Waals surface area contributed by atoms with Gasteiger partial charge in [-0.1, -0.05) is 6.07 Å². The van der Waals surface area contributed by atoms with Crippen LogP contribution in [0.1, 0.15) is 41.4 Å². The first-order valence-electron chi connectivity index (χ1n) is 9.97. The number of nitrogens with zero attached hydrogens (tertiary/aromatic N) is 2. The number of aryl methyl sites for hydroxylation is 1. The Balaban J connectivity index is 2.60. The average Bonchev–Trinajstić information content (AvgIpc) is 2.55. The Hall–Kier alpha value is -2.50. The van der Waals surface area contributed by atoms with Gasteiger partial charge in [-0.2, -0.15) is 0 Å². The van der Waals surface area contributed by atoms with Gasteiger partial charge in [0, 0.05) is 21.7 Å². The number of anilines is 1. The number of Topliss-reactive ketones (excluding diaryl/α,β-unsaturated/α-hetero) is 2. The monoisotopic (exact) mass is 306 g/mol. The van der Waals surface area contributed by atoms with Crippen molar-refractivity contribution < 1.29 is 19.2 Å². The molecule has 1 aliphatic carbocycles. The lowest BCUT2D eigenvalue weighted by Crippen LogP contribution is -2.49. The van der Waals surface area contributed by atoms with Gasteiger partial charge >= 0.3 is 0 Å². The molecule has 1 aromatic heterocycles. The van der Waals surface area contributed by atoms with Crippen LogP contribution in [0.2, 0.25) is 0 Å². The van der Waals surface area contributed by atoms with E-state index in [4.69, 9.17) is 15.3 Å². The molecule has 6 nitrogen and oxygen atoms in total. The second-order valence-corrected chi connectivity index (χ2v) is 5.02. The van der Waals surface area contributed by atoms with Gasteiger partial charge in [-0.15, -0.1) is 0 Å². The van der Waals surface area contributed by atoms with Gasteiger partial charge in [0.15, 0.2) is 5.78 Å². The minimum atomic E-state index is -3.59. The minimum Gasteiger partial charge on any atom is -0.398 e. The first-order chi connectivity index (χ1) is 13.1. The molecule has 0 unspecified atom stereocenters. The number of rotatable bonds is 1. The van der Waals surface area contributed by atoms with Crippen LogP contribution in [0.3, 0.4) is 0 Å². The van der Waals surface area contributed by atoms with E-state index in [1.165, 1.54) is 25.1 Å². The van der Waals surface area contributed by atoms with Crippen molar-refractivity contribution in [3.8, 4) is 0 Å². The lowest BCUT2D eigenvalue weighted by molar-refractivity contribution is -0.136. The molecule has 3 rings (SSSR count). The van der Waals surface area contributed by atoms with Crippen LogP contribution in [0.15, 0.2) is 23.0 Å². The van der Waals surface area contributed by atoms with E-state index in [1.807, 2.05) is 0 Å². The number of carbonyl (C=O) groups is 2. The summed E-state index contributed by atoms with van der Waals surface area (Å²) in [7, 11) is 0. The molecule has 22 heavy (non-hydrogen) atoms. The second-order valence-electron chi connectivity index (χ2n) is 5.02. The summed E-state index contributed by atoms with van der Waals surface area (Å²) in [5.41, 5.74) is 1.44. The molecule has 1 saturated carbocycles. The van der Waals surface area contributed by atoms with Crippen LogP contribution in [-0.4, -0.2) is 21.1 Å². The van der Waals surface area contributed by atoms with E-state index in [2.05, 4.69) is 4.98 Å². The number of carbonyl (C=O) groups excluding carboxylic acids is 2. The zero-order chi connectivity index (χ0) is 22.2. The summed E-state index contributed by atoms with van der Waals surface area (Å²) in [5.74, 6) is -3.15. The summed E-state index contributed by atoms with van der Waals surface area (Å²) in [6, 6.07) is 4.30. The third-order valence-corrected chi connectivity index (χ3v) is 3.54. The quantitative estimate of drug-likeness (QED) is 0.633. The molecule has 0 amide bonds. The maximum absolute atomic E-state index is 13.3. The number of hydrogen-bond acceptors (Lipinski definition) is 5. The third-order valence-electron chi connectivity index (χ3n) is 3.54. The molecule has 1 aromatic carbocycles. The second kappa shape index (κ2) is 4.76. The summed E-state index contributed by atoms with van der Waals surface area (Å²) in [6.07, 6.45) is -8.12. The van der Waals surface area contributed by atoms with Gasteiger partial charge in [0.25, 0.3) is 5.56 Å². The lowest BCUT2D eigenvalue weighted by atomic mass is 9.81. The molecule has 6 heteroatoms. The third kappa shape index (κ3) is 1.94. The Labute approximate surface area is 136 Å². The molecule has 1 heterocycles. The van der Waals surface area contributed by atoms with Crippen LogP contribution in [0.25, 0.3) is 10.9 Å². The van der Waals surface area contributed by atoms with E-state index in [0.717, 1.165) is 0 Å². The number of fused-ring (bicyclic) bond motifs is 1. The Morgan fingerprint density at radius 2 is 2.18 bits per heavy atom. The molecular formula is C16H17N3O3. The Kier molecular flexibility index (Phi) is 1.78. The molecule has 0 bridgehead atoms. The highest BCUT2D eigenvalue weighted by atomic mass is 16.2. The van der Waals surface area contributed by atoms with Gasteiger partial charge < -0.3 is 5.73 Å². The van der Waals surface area contributed by atoms with Crippen LogP contribution in [0.4, 0.5) is 5.69 Å². The fraction of sp³-hybridized carbons (Fsp3) is 0.375. The van der Waals surface area contributed by atoms with Crippen molar-refractivity contribution in [1.82, 2.24) is 9.55 Å². The zero-order valence-electron chi connectivity index (χ0n) is 18.6. The molecule has 1 fully saturated rings. The smallest absolute Gasteiger partial charge is 0.264 e. The van der Waals surface area contributed by atoms with Crippen LogP contribution >= 0.6 is 0 Å². The molecule has 0 radical (unpaired) electrons. The minimum absolute atomic E-state index is 0.0719. The van der Waals surface area contributed by atoms with Crippen molar-refractivity contribution >= 4 is 28.2 Å². The van der Waals surface area contributed by atoms with Crippen LogP contribution < -0.4 is 11.3 Å². The Morgan fingerprint density at radius 3 is 2.91 bits per heavy atom. The number of aromatic nitrogens is 2. The number of ketones is 2. The normalized spacial score (nSPS) is 32.1. The van der Waals surface area contributed by atoms with Gasteiger partial charge in [0.2, 0.25) is 0 Å². The molecule has 114 valence electrons. The predicted octanol–water partition coefficient (Wildman–Crippen LogP) is 1.32. The maximum Gasteiger partial charge on any atom is 0.264 e. The molecule has 2 aromatic rings. The Bertz CT molecular complexity index is 1120. The standard InChI is InChI=1S/C16H17N3O3/c1-9-18-12-5-3-4-11(17)14(12)15(22)19(9)16(2)7-6-10(20)8-13(16)21/h3-5H,6-8,17H2,1-2H3/t16-/m1/s1/i2D3,6D2,7D2. The lowest BCUT2D eigenvalue weighted by Gasteiger charge is -2.34. The van der Waals surface area contributed by atoms with Gasteiger partial charge in [-0.3, -0.25) is 19.0 Å². The largest absolute Gasteiger partial charge is 0.398 e. The summed E-state index contributed by atoms with van der Waals surface area (Å²) in [5, 5.41) is -0.234. The van der Waals surface area contributed by atoms with Gasteiger partial charge in [0.05, 0.1) is 17.3 Å². The number of nitrogen functional groups attached to an aromatic ring is 1. The van der Waals surface area contributed by atoms with Crippen molar-refractivity contribution in [2.24, 2.45) is 0 Å². The highest BCUT2D eigenvalue weighted by Gasteiger charge is 2.41. The van der Waals surface area contributed by atoms with E-state index in [0.29, 0.717) is 4.57 Å². The summed E-state index contributed by atoms with van der Waals surface area (Å²) in [4.78, 5) is 42.5. The predicted molar refractivity (Wildman–Crippen MR) is 82.7 cm³/mol. The molecular weight excluding hydrogens is 282 g/mol. The number of nitrogens with two attached hydrogens (primary N) is 1. The fourth-order valence-electron chi connectivity index (χ4n) is 2.49. The fourth-order valence-corrected chi connectivity index (χ4v) is 2.49. The van der Waals surface area contributed by atoms with E-state index in [1.54, 1.807) is 0 Å². The summed E-state index contributed by atoms with van der Waals surface area (Å²) < 4.78 is 56.8. The summed E-state index contributed by atoms with van der Waals surface area (Å²) >= 11 is 0. The van der Waals surface area contributed by atoms with E-state index in [9.17, 15) is 14.4 Å². The van der Waals surface area contributed by atoms with Crippen molar-refractivity contribution in [3.63, 3.8) is 0 Å². The van der Waals surface area contributed by atoms with Gasteiger partial charge in [-0.25, -0.2) is 4.98 Å². The molecule has 0 spiro atoms. The van der Waals surface area contributed by atoms with Gasteiger partial charge in [-0.05, 0) is 32.3 Å². The first kappa shape index (κ1) is 8.22. The molecule has 2 N–H and O–H groups in total. The zero-order valence-corrected chi connectivity index (χ0v) is 11.6. The van der Waals surface area contributed by atoms with Crippen LogP contribution in [-0.2, 0) is 15.1 Å². The topological polar surface area (TPSA) is 95.1 Å². The SMILES string of the molecule is [2H]C1([2H])C(=O)CC(=O)[C@@](n2c(C)nc3cccc(N)c3c2=O)(C([2H])([2H])[2H])C1([2H])[2H]. The van der Waals surface area contributed by atoms with E-state index < -0.39 is 48.7 Å². The molecule has 1 atom stereocenters.